The fourth-order valence-electron chi connectivity index (χ4n) is 1.44. The number of hydrogen-bond acceptors (Lipinski definition) is 4. The predicted molar refractivity (Wildman–Crippen MR) is 57.1 cm³/mol. The topological polar surface area (TPSA) is 98.3 Å². The van der Waals surface area contributed by atoms with Gasteiger partial charge in [-0.3, -0.25) is 10.1 Å². The summed E-state index contributed by atoms with van der Waals surface area (Å²) >= 11 is 0. The number of para-hydroxylation sites is 1. The van der Waals surface area contributed by atoms with Gasteiger partial charge in [-0.15, -0.1) is 0 Å². The van der Waals surface area contributed by atoms with Gasteiger partial charge in [0.05, 0.1) is 4.92 Å². The minimum atomic E-state index is -1.27. The zero-order chi connectivity index (χ0) is 13.3. The van der Waals surface area contributed by atoms with E-state index in [1.165, 1.54) is 18.3 Å². The van der Waals surface area contributed by atoms with Gasteiger partial charge in [0.2, 0.25) is 5.82 Å². The molecule has 0 atom stereocenters. The third-order valence-corrected chi connectivity index (χ3v) is 2.20. The first kappa shape index (κ1) is 11.7. The lowest BCUT2D eigenvalue weighted by Gasteiger charge is -2.02. The molecule has 0 aliphatic rings. The van der Waals surface area contributed by atoms with Crippen molar-refractivity contribution in [3.8, 4) is 5.69 Å². The van der Waals surface area contributed by atoms with Crippen molar-refractivity contribution in [1.29, 1.82) is 0 Å². The zero-order valence-electron chi connectivity index (χ0n) is 8.78. The Balaban J connectivity index is 2.59. The standard InChI is InChI=1S/C10H6FN3O4/c11-6-2-1-3-8(9(6)14(17)18)13-5-4-7(12-13)10(15)16/h1-5H,(H,15,16). The molecule has 8 heteroatoms. The summed E-state index contributed by atoms with van der Waals surface area (Å²) in [4.78, 5) is 20.5. The lowest BCUT2D eigenvalue weighted by molar-refractivity contribution is -0.387. The maximum atomic E-state index is 13.4. The van der Waals surface area contributed by atoms with Crippen LogP contribution in [0.4, 0.5) is 10.1 Å². The van der Waals surface area contributed by atoms with Gasteiger partial charge in [0, 0.05) is 6.20 Å². The zero-order valence-corrected chi connectivity index (χ0v) is 8.78. The predicted octanol–water partition coefficient (Wildman–Crippen LogP) is 1.62. The first-order valence-corrected chi connectivity index (χ1v) is 4.73. The quantitative estimate of drug-likeness (QED) is 0.660. The second kappa shape index (κ2) is 4.24. The number of halogens is 1. The lowest BCUT2D eigenvalue weighted by Crippen LogP contribution is -2.05. The van der Waals surface area contributed by atoms with Crippen LogP contribution in [0.5, 0.6) is 0 Å². The molecule has 0 saturated carbocycles. The van der Waals surface area contributed by atoms with Crippen LogP contribution in [0.15, 0.2) is 30.5 Å². The van der Waals surface area contributed by atoms with Gasteiger partial charge in [0.1, 0.15) is 5.69 Å². The Labute approximate surface area is 99.2 Å². The van der Waals surface area contributed by atoms with Crippen LogP contribution in [0.25, 0.3) is 5.69 Å². The summed E-state index contributed by atoms with van der Waals surface area (Å²) in [6.45, 7) is 0. The first-order chi connectivity index (χ1) is 8.50. The van der Waals surface area contributed by atoms with Gasteiger partial charge < -0.3 is 5.11 Å². The average molecular weight is 251 g/mol. The third-order valence-electron chi connectivity index (χ3n) is 2.20. The smallest absolute Gasteiger partial charge is 0.356 e. The fraction of sp³-hybridized carbons (Fsp3) is 0. The van der Waals surface area contributed by atoms with Crippen LogP contribution in [0.3, 0.4) is 0 Å². The normalized spacial score (nSPS) is 10.3. The van der Waals surface area contributed by atoms with E-state index in [1.807, 2.05) is 0 Å². The molecule has 1 heterocycles. The van der Waals surface area contributed by atoms with Crippen molar-refractivity contribution in [1.82, 2.24) is 9.78 Å². The molecule has 2 rings (SSSR count). The van der Waals surface area contributed by atoms with Gasteiger partial charge >= 0.3 is 11.7 Å². The number of nitrogens with zero attached hydrogens (tertiary/aromatic N) is 3. The molecule has 2 aromatic rings. The van der Waals surface area contributed by atoms with Gasteiger partial charge in [0.25, 0.3) is 0 Å². The molecule has 0 spiro atoms. The number of rotatable bonds is 3. The highest BCUT2D eigenvalue weighted by Crippen LogP contribution is 2.25. The van der Waals surface area contributed by atoms with Crippen molar-refractivity contribution >= 4 is 11.7 Å². The Morgan fingerprint density at radius 3 is 2.72 bits per heavy atom. The highest BCUT2D eigenvalue weighted by molar-refractivity contribution is 5.85. The first-order valence-electron chi connectivity index (χ1n) is 4.73. The minimum Gasteiger partial charge on any atom is -0.476 e. The van der Waals surface area contributed by atoms with E-state index in [0.717, 1.165) is 16.8 Å². The van der Waals surface area contributed by atoms with Gasteiger partial charge in [-0.2, -0.15) is 9.49 Å². The van der Waals surface area contributed by atoms with Gasteiger partial charge in [-0.05, 0) is 18.2 Å². The molecule has 0 radical (unpaired) electrons. The number of carboxylic acid groups (broad SMARTS) is 1. The molecule has 0 saturated heterocycles. The number of carbonyl (C=O) groups is 1. The van der Waals surface area contributed by atoms with Gasteiger partial charge in [0.15, 0.2) is 5.69 Å². The molecule has 1 N–H and O–H groups in total. The number of aromatic carboxylic acids is 1. The molecule has 0 unspecified atom stereocenters. The minimum absolute atomic E-state index is 0.132. The van der Waals surface area contributed by atoms with E-state index in [9.17, 15) is 19.3 Å². The Morgan fingerprint density at radius 1 is 1.44 bits per heavy atom. The second-order valence-corrected chi connectivity index (χ2v) is 3.32. The SMILES string of the molecule is O=C(O)c1ccn(-c2cccc(F)c2[N+](=O)[O-])n1. The molecule has 0 aliphatic carbocycles. The molecule has 0 amide bonds. The molecule has 1 aromatic heterocycles. The summed E-state index contributed by atoms with van der Waals surface area (Å²) < 4.78 is 14.3. The number of hydrogen-bond donors (Lipinski definition) is 1. The van der Waals surface area contributed by atoms with Crippen LogP contribution in [0, 0.1) is 15.9 Å². The van der Waals surface area contributed by atoms with E-state index in [4.69, 9.17) is 5.11 Å². The van der Waals surface area contributed by atoms with Crippen LogP contribution in [-0.2, 0) is 0 Å². The number of carboxylic acids is 1. The Bertz CT molecular complexity index is 638. The highest BCUT2D eigenvalue weighted by atomic mass is 19.1. The summed E-state index contributed by atoms with van der Waals surface area (Å²) in [6.07, 6.45) is 1.21. The van der Waals surface area contributed by atoms with Crippen LogP contribution >= 0.6 is 0 Å². The van der Waals surface area contributed by atoms with Gasteiger partial charge in [-0.25, -0.2) is 9.48 Å². The van der Waals surface area contributed by atoms with E-state index in [2.05, 4.69) is 5.10 Å². The Kier molecular flexibility index (Phi) is 2.76. The van der Waals surface area contributed by atoms with Crippen molar-refractivity contribution in [2.75, 3.05) is 0 Å². The number of nitro benzene ring substituents is 1. The third kappa shape index (κ3) is 1.90. The van der Waals surface area contributed by atoms with Crippen LogP contribution in [0.1, 0.15) is 10.5 Å². The summed E-state index contributed by atoms with van der Waals surface area (Å²) in [5.74, 6) is -2.28. The van der Waals surface area contributed by atoms with Crippen molar-refractivity contribution in [3.05, 3.63) is 52.1 Å². The van der Waals surface area contributed by atoms with E-state index in [1.54, 1.807) is 0 Å². The van der Waals surface area contributed by atoms with Crippen molar-refractivity contribution in [3.63, 3.8) is 0 Å². The lowest BCUT2D eigenvalue weighted by atomic mass is 10.2. The summed E-state index contributed by atoms with van der Waals surface area (Å²) in [6, 6.07) is 4.67. The van der Waals surface area contributed by atoms with E-state index >= 15 is 0 Å². The molecular weight excluding hydrogens is 245 g/mol. The maximum Gasteiger partial charge on any atom is 0.356 e. The van der Waals surface area contributed by atoms with Crippen molar-refractivity contribution < 1.29 is 19.2 Å². The average Bonchev–Trinajstić information content (AvgIpc) is 2.77. The monoisotopic (exact) mass is 251 g/mol. The van der Waals surface area contributed by atoms with Crippen molar-refractivity contribution in [2.45, 2.75) is 0 Å². The largest absolute Gasteiger partial charge is 0.476 e. The molecular formula is C10H6FN3O4. The number of nitro groups is 1. The highest BCUT2D eigenvalue weighted by Gasteiger charge is 2.22. The number of benzene rings is 1. The van der Waals surface area contributed by atoms with Gasteiger partial charge in [-0.1, -0.05) is 6.07 Å². The molecule has 18 heavy (non-hydrogen) atoms. The van der Waals surface area contributed by atoms with E-state index in [-0.39, 0.29) is 11.4 Å². The van der Waals surface area contributed by atoms with Crippen molar-refractivity contribution in [2.24, 2.45) is 0 Å². The fourth-order valence-corrected chi connectivity index (χ4v) is 1.44. The Morgan fingerprint density at radius 2 is 2.17 bits per heavy atom. The van der Waals surface area contributed by atoms with Crippen LogP contribution < -0.4 is 0 Å². The molecule has 0 aliphatic heterocycles. The summed E-state index contributed by atoms with van der Waals surface area (Å²) in [7, 11) is 0. The molecule has 92 valence electrons. The maximum absolute atomic E-state index is 13.4. The summed E-state index contributed by atoms with van der Waals surface area (Å²) in [5, 5.41) is 23.1. The van der Waals surface area contributed by atoms with Crippen LogP contribution in [0.2, 0.25) is 0 Å². The number of aromatic nitrogens is 2. The van der Waals surface area contributed by atoms with E-state index < -0.39 is 22.4 Å². The molecule has 0 bridgehead atoms. The molecule has 7 nitrogen and oxygen atoms in total. The second-order valence-electron chi connectivity index (χ2n) is 3.32. The summed E-state index contributed by atoms with van der Waals surface area (Å²) in [5.41, 5.74) is -1.17. The van der Waals surface area contributed by atoms with E-state index in [0.29, 0.717) is 0 Å². The van der Waals surface area contributed by atoms with Crippen LogP contribution in [-0.4, -0.2) is 25.8 Å². The molecule has 1 aromatic carbocycles. The Hall–Kier alpha value is -2.77. The molecule has 0 fully saturated rings.